The molecule has 53 heavy (non-hydrogen) atoms. The Morgan fingerprint density at radius 3 is 2.42 bits per heavy atom. The summed E-state index contributed by atoms with van der Waals surface area (Å²) >= 11 is 0. The van der Waals surface area contributed by atoms with Gasteiger partial charge in [0.2, 0.25) is 11.8 Å². The third-order valence-electron chi connectivity index (χ3n) is 9.58. The summed E-state index contributed by atoms with van der Waals surface area (Å²) in [6, 6.07) is 12.1. The molecule has 1 amide bonds. The second kappa shape index (κ2) is 16.5. The van der Waals surface area contributed by atoms with Crippen molar-refractivity contribution in [3.8, 4) is 28.7 Å². The van der Waals surface area contributed by atoms with Crippen LogP contribution < -0.4 is 14.8 Å². The summed E-state index contributed by atoms with van der Waals surface area (Å²) in [6.07, 6.45) is 3.27. The molecule has 0 unspecified atom stereocenters. The highest BCUT2D eigenvalue weighted by Gasteiger charge is 2.37. The van der Waals surface area contributed by atoms with Crippen molar-refractivity contribution in [3.63, 3.8) is 0 Å². The number of rotatable bonds is 14. The summed E-state index contributed by atoms with van der Waals surface area (Å²) in [5.74, 6) is -1.42. The van der Waals surface area contributed by atoms with Crippen LogP contribution in [0, 0.1) is 18.7 Å². The lowest BCUT2D eigenvalue weighted by atomic mass is 9.91. The van der Waals surface area contributed by atoms with Crippen molar-refractivity contribution in [2.75, 3.05) is 52.5 Å². The predicted molar refractivity (Wildman–Crippen MR) is 192 cm³/mol. The third kappa shape index (κ3) is 8.73. The first-order valence-electron chi connectivity index (χ1n) is 17.3. The van der Waals surface area contributed by atoms with E-state index >= 15 is 0 Å². The lowest BCUT2D eigenvalue weighted by Gasteiger charge is -2.23. The highest BCUT2D eigenvalue weighted by molar-refractivity contribution is 7.91. The molecule has 2 fully saturated rings. The molecule has 4 aromatic rings. The van der Waals surface area contributed by atoms with E-state index in [0.29, 0.717) is 55.1 Å². The number of benzene rings is 1. The number of Topliss-reactive ketones (excluding diaryl/α,β-unsaturated/α-hetero) is 1. The van der Waals surface area contributed by atoms with Crippen LogP contribution in [0.5, 0.6) is 11.8 Å². The molecule has 3 aromatic heterocycles. The number of nitrogens with zero attached hydrogens (tertiary/aromatic N) is 5. The molecule has 0 radical (unpaired) electrons. The van der Waals surface area contributed by atoms with Crippen LogP contribution in [0.3, 0.4) is 0 Å². The topological polar surface area (TPSA) is 164 Å². The number of para-hydroxylation sites is 1. The number of pyridine rings is 2. The Kier molecular flexibility index (Phi) is 11.8. The van der Waals surface area contributed by atoms with Crippen LogP contribution in [0.4, 0.5) is 4.39 Å². The standard InChI is InChI=1S/C37H43FN6O8S/c1-23-32(19-29(45)16-26-22-43(12-13-49-2)52-34(26)25-18-31(38)37(51-4)40-21-25)44(28-8-6-5-7-9-28)42-33(23)24-17-30(36(50-3)39-20-24)35(46)41-27-10-14-53(47,48)15-11-27/h5-9,17-18,20-21,26-27,34H,10-16,19,22H2,1-4H3,(H,41,46)/t26-,34+/m1/s1. The van der Waals surface area contributed by atoms with Crippen LogP contribution in [-0.2, 0) is 30.6 Å². The van der Waals surface area contributed by atoms with Gasteiger partial charge in [-0.15, -0.1) is 0 Å². The SMILES string of the molecule is COCCN1C[C@@H](CC(=O)Cc2c(C)c(-c3cnc(OC)c(C(=O)NC4CCS(=O)(=O)CC4)c3)nn2-c2ccccc2)[C@H](c2cnc(OC)c(F)c2)O1. The van der Waals surface area contributed by atoms with Crippen molar-refractivity contribution in [3.05, 3.63) is 83.1 Å². The van der Waals surface area contributed by atoms with E-state index in [9.17, 15) is 22.4 Å². The summed E-state index contributed by atoms with van der Waals surface area (Å²) in [4.78, 5) is 42.2. The minimum atomic E-state index is -3.10. The molecule has 2 atom stereocenters. The van der Waals surface area contributed by atoms with E-state index in [4.69, 9.17) is 24.1 Å². The number of ketones is 1. The number of methoxy groups -OCH3 is 3. The number of ether oxygens (including phenoxy) is 3. The molecule has 1 aromatic carbocycles. The van der Waals surface area contributed by atoms with Gasteiger partial charge in [-0.05, 0) is 49.6 Å². The fourth-order valence-electron chi connectivity index (χ4n) is 6.79. The van der Waals surface area contributed by atoms with Gasteiger partial charge in [-0.3, -0.25) is 14.4 Å². The maximum absolute atomic E-state index is 14.7. The van der Waals surface area contributed by atoms with Crippen LogP contribution in [0.15, 0.2) is 54.9 Å². The van der Waals surface area contributed by atoms with Gasteiger partial charge in [-0.1, -0.05) is 18.2 Å². The predicted octanol–water partition coefficient (Wildman–Crippen LogP) is 3.85. The molecule has 14 nitrogen and oxygen atoms in total. The first-order valence-corrected chi connectivity index (χ1v) is 19.1. The molecule has 282 valence electrons. The van der Waals surface area contributed by atoms with Crippen molar-refractivity contribution in [2.24, 2.45) is 5.92 Å². The minimum absolute atomic E-state index is 0.0166. The molecule has 5 heterocycles. The summed E-state index contributed by atoms with van der Waals surface area (Å²) in [7, 11) is 1.26. The monoisotopic (exact) mass is 750 g/mol. The quantitative estimate of drug-likeness (QED) is 0.198. The zero-order chi connectivity index (χ0) is 37.7. The summed E-state index contributed by atoms with van der Waals surface area (Å²) in [5, 5.41) is 9.60. The van der Waals surface area contributed by atoms with Gasteiger partial charge in [0.1, 0.15) is 27.3 Å². The number of sulfone groups is 1. The molecule has 16 heteroatoms. The largest absolute Gasteiger partial charge is 0.480 e. The molecule has 6 rings (SSSR count). The Bertz CT molecular complexity index is 2050. The first-order chi connectivity index (χ1) is 25.5. The molecule has 0 bridgehead atoms. The van der Waals surface area contributed by atoms with Crippen LogP contribution >= 0.6 is 0 Å². The highest BCUT2D eigenvalue weighted by atomic mass is 32.2. The second-order valence-corrected chi connectivity index (χ2v) is 15.5. The molecule has 2 saturated heterocycles. The number of nitrogens with one attached hydrogen (secondary N) is 1. The van der Waals surface area contributed by atoms with E-state index in [1.807, 2.05) is 37.3 Å². The van der Waals surface area contributed by atoms with Gasteiger partial charge < -0.3 is 19.5 Å². The van der Waals surface area contributed by atoms with Crippen molar-refractivity contribution in [1.29, 1.82) is 0 Å². The van der Waals surface area contributed by atoms with E-state index in [-0.39, 0.29) is 59.4 Å². The van der Waals surface area contributed by atoms with Crippen molar-refractivity contribution in [1.82, 2.24) is 30.1 Å². The molecular formula is C37H43FN6O8S. The molecule has 1 N–H and O–H groups in total. The van der Waals surface area contributed by atoms with Crippen LogP contribution in [0.1, 0.15) is 52.5 Å². The summed E-state index contributed by atoms with van der Waals surface area (Å²) in [5.41, 5.74) is 3.86. The number of halogens is 1. The van der Waals surface area contributed by atoms with Gasteiger partial charge in [0.05, 0.1) is 49.4 Å². The maximum atomic E-state index is 14.7. The fraction of sp³-hybridized carbons (Fsp3) is 0.432. The van der Waals surface area contributed by atoms with E-state index in [2.05, 4.69) is 15.3 Å². The fourth-order valence-corrected chi connectivity index (χ4v) is 8.28. The average molecular weight is 751 g/mol. The normalized spacial score (nSPS) is 18.9. The van der Waals surface area contributed by atoms with E-state index in [1.165, 1.54) is 26.5 Å². The Balaban J connectivity index is 1.28. The van der Waals surface area contributed by atoms with Gasteiger partial charge in [0.15, 0.2) is 5.82 Å². The zero-order valence-electron chi connectivity index (χ0n) is 30.1. The van der Waals surface area contributed by atoms with Crippen molar-refractivity contribution in [2.45, 2.75) is 44.8 Å². The number of carbonyl (C=O) groups excluding carboxylic acids is 2. The highest BCUT2D eigenvalue weighted by Crippen LogP contribution is 2.38. The van der Waals surface area contributed by atoms with Gasteiger partial charge in [-0.2, -0.15) is 10.2 Å². The number of aromatic nitrogens is 4. The average Bonchev–Trinajstić information content (AvgIpc) is 3.71. The number of carbonyl (C=O) groups is 2. The molecule has 0 saturated carbocycles. The lowest BCUT2D eigenvalue weighted by Crippen LogP contribution is -2.41. The van der Waals surface area contributed by atoms with Gasteiger partial charge >= 0.3 is 0 Å². The number of hydrogen-bond acceptors (Lipinski definition) is 12. The molecule has 2 aliphatic heterocycles. The Labute approximate surface area is 307 Å². The van der Waals surface area contributed by atoms with Gasteiger partial charge in [-0.25, -0.2) is 27.5 Å². The molecular weight excluding hydrogens is 708 g/mol. The lowest BCUT2D eigenvalue weighted by molar-refractivity contribution is -0.155. The number of hydrogen-bond donors (Lipinski definition) is 1. The van der Waals surface area contributed by atoms with Gasteiger partial charge in [0.25, 0.3) is 5.91 Å². The minimum Gasteiger partial charge on any atom is -0.480 e. The maximum Gasteiger partial charge on any atom is 0.257 e. The number of hydroxylamine groups is 2. The van der Waals surface area contributed by atoms with Gasteiger partial charge in [0, 0.05) is 68.5 Å². The third-order valence-corrected chi connectivity index (χ3v) is 11.3. The van der Waals surface area contributed by atoms with E-state index in [0.717, 1.165) is 11.3 Å². The van der Waals surface area contributed by atoms with Crippen LogP contribution in [0.25, 0.3) is 16.9 Å². The van der Waals surface area contributed by atoms with Crippen molar-refractivity contribution < 1.29 is 41.4 Å². The molecule has 2 aliphatic rings. The number of amides is 1. The van der Waals surface area contributed by atoms with Crippen molar-refractivity contribution >= 4 is 21.5 Å². The summed E-state index contributed by atoms with van der Waals surface area (Å²) in [6.45, 7) is 3.17. The van der Waals surface area contributed by atoms with Crippen LogP contribution in [-0.4, -0.2) is 103 Å². The Morgan fingerprint density at radius 2 is 1.74 bits per heavy atom. The Hall–Kier alpha value is -4.77. The van der Waals surface area contributed by atoms with E-state index in [1.54, 1.807) is 29.1 Å². The van der Waals surface area contributed by atoms with Crippen LogP contribution in [0.2, 0.25) is 0 Å². The molecule has 0 aliphatic carbocycles. The Morgan fingerprint density at radius 1 is 1.02 bits per heavy atom. The second-order valence-electron chi connectivity index (χ2n) is 13.2. The smallest absolute Gasteiger partial charge is 0.257 e. The molecule has 0 spiro atoms. The summed E-state index contributed by atoms with van der Waals surface area (Å²) < 4.78 is 55.9. The first kappa shape index (κ1) is 38.0. The van der Waals surface area contributed by atoms with E-state index < -0.39 is 27.7 Å². The zero-order valence-corrected chi connectivity index (χ0v) is 30.9.